The number of hydrogen-bond acceptors (Lipinski definition) is 3. The zero-order valence-electron chi connectivity index (χ0n) is 9.40. The van der Waals surface area contributed by atoms with Crippen molar-refractivity contribution in [1.82, 2.24) is 0 Å². The Kier molecular flexibility index (Phi) is 3.43. The Morgan fingerprint density at radius 2 is 2.25 bits per heavy atom. The van der Waals surface area contributed by atoms with Crippen LogP contribution < -0.4 is 4.74 Å². The smallest absolute Gasteiger partial charge is 0.124 e. The Balaban J connectivity index is 2.00. The first-order valence-corrected chi connectivity index (χ1v) is 5.48. The molecule has 0 radical (unpaired) electrons. The van der Waals surface area contributed by atoms with E-state index in [4.69, 9.17) is 14.7 Å². The second-order valence-corrected chi connectivity index (χ2v) is 4.10. The summed E-state index contributed by atoms with van der Waals surface area (Å²) in [7, 11) is 1.63. The lowest BCUT2D eigenvalue weighted by atomic mass is 10.1. The van der Waals surface area contributed by atoms with Crippen LogP contribution in [-0.4, -0.2) is 13.7 Å². The quantitative estimate of drug-likeness (QED) is 0.761. The molecule has 1 aliphatic carbocycles. The van der Waals surface area contributed by atoms with Gasteiger partial charge >= 0.3 is 0 Å². The van der Waals surface area contributed by atoms with Crippen LogP contribution in [0, 0.1) is 17.2 Å². The molecule has 0 amide bonds. The lowest BCUT2D eigenvalue weighted by Gasteiger charge is -2.09. The van der Waals surface area contributed by atoms with Gasteiger partial charge in [-0.1, -0.05) is 0 Å². The normalized spacial score (nSPS) is 14.5. The lowest BCUT2D eigenvalue weighted by Crippen LogP contribution is -1.99. The molecule has 1 aliphatic rings. The largest absolute Gasteiger partial charge is 0.496 e. The van der Waals surface area contributed by atoms with E-state index in [1.807, 2.05) is 12.1 Å². The number of nitrogens with zero attached hydrogens (tertiary/aromatic N) is 1. The fourth-order valence-corrected chi connectivity index (χ4v) is 1.58. The van der Waals surface area contributed by atoms with E-state index >= 15 is 0 Å². The molecule has 0 bridgehead atoms. The molecule has 0 aliphatic heterocycles. The van der Waals surface area contributed by atoms with Gasteiger partial charge in [-0.25, -0.2) is 0 Å². The molecular weight excluding hydrogens is 202 g/mol. The molecule has 0 spiro atoms. The van der Waals surface area contributed by atoms with Gasteiger partial charge in [0.1, 0.15) is 5.75 Å². The van der Waals surface area contributed by atoms with Crippen molar-refractivity contribution in [2.24, 2.45) is 5.92 Å². The van der Waals surface area contributed by atoms with Gasteiger partial charge in [-0.15, -0.1) is 0 Å². The number of benzene rings is 1. The minimum Gasteiger partial charge on any atom is -0.496 e. The highest BCUT2D eigenvalue weighted by Crippen LogP contribution is 2.29. The molecule has 0 saturated heterocycles. The molecular formula is C13H15NO2. The van der Waals surface area contributed by atoms with Gasteiger partial charge in [-0.3, -0.25) is 0 Å². The summed E-state index contributed by atoms with van der Waals surface area (Å²) >= 11 is 0. The van der Waals surface area contributed by atoms with E-state index in [0.717, 1.165) is 23.8 Å². The SMILES string of the molecule is COc1ccc(C#N)cc1COCC1CC1. The van der Waals surface area contributed by atoms with Gasteiger partial charge in [-0.05, 0) is 37.0 Å². The van der Waals surface area contributed by atoms with Crippen LogP contribution in [0.5, 0.6) is 5.75 Å². The monoisotopic (exact) mass is 217 g/mol. The van der Waals surface area contributed by atoms with E-state index in [1.165, 1.54) is 12.8 Å². The van der Waals surface area contributed by atoms with Gasteiger partial charge in [0.2, 0.25) is 0 Å². The fourth-order valence-electron chi connectivity index (χ4n) is 1.58. The molecule has 1 aromatic carbocycles. The van der Waals surface area contributed by atoms with Gasteiger partial charge in [0.05, 0.1) is 25.3 Å². The maximum absolute atomic E-state index is 8.82. The van der Waals surface area contributed by atoms with Crippen molar-refractivity contribution in [2.75, 3.05) is 13.7 Å². The maximum Gasteiger partial charge on any atom is 0.124 e. The molecule has 0 unspecified atom stereocenters. The number of methoxy groups -OCH3 is 1. The van der Waals surface area contributed by atoms with Crippen molar-refractivity contribution in [1.29, 1.82) is 5.26 Å². The molecule has 16 heavy (non-hydrogen) atoms. The Morgan fingerprint density at radius 3 is 2.88 bits per heavy atom. The Bertz CT molecular complexity index is 405. The van der Waals surface area contributed by atoms with E-state index in [1.54, 1.807) is 13.2 Å². The summed E-state index contributed by atoms with van der Waals surface area (Å²) in [6.07, 6.45) is 2.57. The molecule has 3 nitrogen and oxygen atoms in total. The van der Waals surface area contributed by atoms with Crippen LogP contribution in [0.15, 0.2) is 18.2 Å². The minimum atomic E-state index is 0.523. The number of nitriles is 1. The molecule has 0 N–H and O–H groups in total. The summed E-state index contributed by atoms with van der Waals surface area (Å²) in [5.41, 5.74) is 1.59. The first kappa shape index (κ1) is 11.0. The molecule has 2 rings (SSSR count). The molecule has 3 heteroatoms. The second kappa shape index (κ2) is 5.00. The third-order valence-electron chi connectivity index (χ3n) is 2.72. The van der Waals surface area contributed by atoms with Crippen LogP contribution in [0.4, 0.5) is 0 Å². The maximum atomic E-state index is 8.82. The van der Waals surface area contributed by atoms with Crippen LogP contribution in [0.2, 0.25) is 0 Å². The van der Waals surface area contributed by atoms with Crippen molar-refractivity contribution >= 4 is 0 Å². The molecule has 0 atom stereocenters. The van der Waals surface area contributed by atoms with Crippen LogP contribution in [0.25, 0.3) is 0 Å². The predicted octanol–water partition coefficient (Wildman–Crippen LogP) is 2.49. The summed E-state index contributed by atoms with van der Waals surface area (Å²) in [6, 6.07) is 7.51. The summed E-state index contributed by atoms with van der Waals surface area (Å²) in [6.45, 7) is 1.34. The number of hydrogen-bond donors (Lipinski definition) is 0. The van der Waals surface area contributed by atoms with E-state index < -0.39 is 0 Å². The van der Waals surface area contributed by atoms with Gasteiger partial charge in [0.15, 0.2) is 0 Å². The molecule has 1 saturated carbocycles. The van der Waals surface area contributed by atoms with Crippen molar-refractivity contribution < 1.29 is 9.47 Å². The highest BCUT2D eigenvalue weighted by atomic mass is 16.5. The third-order valence-corrected chi connectivity index (χ3v) is 2.72. The van der Waals surface area contributed by atoms with Crippen LogP contribution in [0.1, 0.15) is 24.0 Å². The molecule has 0 heterocycles. The standard InChI is InChI=1S/C13H15NO2/c1-15-13-5-4-11(7-14)6-12(13)9-16-8-10-2-3-10/h4-6,10H,2-3,8-9H2,1H3. The third kappa shape index (κ3) is 2.74. The molecule has 0 aromatic heterocycles. The first-order chi connectivity index (χ1) is 7.83. The predicted molar refractivity (Wildman–Crippen MR) is 60.1 cm³/mol. The summed E-state index contributed by atoms with van der Waals surface area (Å²) in [4.78, 5) is 0. The summed E-state index contributed by atoms with van der Waals surface area (Å²) in [5.74, 6) is 1.54. The van der Waals surface area contributed by atoms with E-state index in [9.17, 15) is 0 Å². The van der Waals surface area contributed by atoms with Gasteiger partial charge in [0, 0.05) is 12.2 Å². The average Bonchev–Trinajstić information content (AvgIpc) is 3.13. The molecule has 84 valence electrons. The van der Waals surface area contributed by atoms with Crippen LogP contribution >= 0.6 is 0 Å². The highest BCUT2D eigenvalue weighted by molar-refractivity contribution is 5.41. The van der Waals surface area contributed by atoms with E-state index in [2.05, 4.69) is 6.07 Å². The summed E-state index contributed by atoms with van der Waals surface area (Å²) in [5, 5.41) is 8.82. The first-order valence-electron chi connectivity index (χ1n) is 5.48. The molecule has 1 fully saturated rings. The van der Waals surface area contributed by atoms with Crippen molar-refractivity contribution in [2.45, 2.75) is 19.4 Å². The number of ether oxygens (including phenoxy) is 2. The van der Waals surface area contributed by atoms with Gasteiger partial charge in [0.25, 0.3) is 0 Å². The van der Waals surface area contributed by atoms with Crippen molar-refractivity contribution in [3.63, 3.8) is 0 Å². The van der Waals surface area contributed by atoms with Crippen molar-refractivity contribution in [3.8, 4) is 11.8 Å². The van der Waals surface area contributed by atoms with Crippen LogP contribution in [-0.2, 0) is 11.3 Å². The lowest BCUT2D eigenvalue weighted by molar-refractivity contribution is 0.109. The molecule has 1 aromatic rings. The Labute approximate surface area is 95.6 Å². The highest BCUT2D eigenvalue weighted by Gasteiger charge is 2.21. The van der Waals surface area contributed by atoms with Gasteiger partial charge < -0.3 is 9.47 Å². The van der Waals surface area contributed by atoms with Gasteiger partial charge in [-0.2, -0.15) is 5.26 Å². The minimum absolute atomic E-state index is 0.523. The Hall–Kier alpha value is -1.53. The second-order valence-electron chi connectivity index (χ2n) is 4.10. The fraction of sp³-hybridized carbons (Fsp3) is 0.462. The van der Waals surface area contributed by atoms with E-state index in [-0.39, 0.29) is 0 Å². The number of rotatable bonds is 5. The van der Waals surface area contributed by atoms with Crippen molar-refractivity contribution in [3.05, 3.63) is 29.3 Å². The average molecular weight is 217 g/mol. The zero-order valence-corrected chi connectivity index (χ0v) is 9.40. The van der Waals surface area contributed by atoms with E-state index in [0.29, 0.717) is 12.2 Å². The Morgan fingerprint density at radius 1 is 1.44 bits per heavy atom. The zero-order chi connectivity index (χ0) is 11.4. The summed E-state index contributed by atoms with van der Waals surface area (Å²) < 4.78 is 10.8. The van der Waals surface area contributed by atoms with Crippen LogP contribution in [0.3, 0.4) is 0 Å². The topological polar surface area (TPSA) is 42.2 Å².